The number of amides is 1. The number of nitrogens with one attached hydrogen (secondary N) is 1. The lowest BCUT2D eigenvalue weighted by atomic mass is 10.2. The maximum atomic E-state index is 13.5. The lowest BCUT2D eigenvalue weighted by Gasteiger charge is -2.24. The second kappa shape index (κ2) is 9.41. The van der Waals surface area contributed by atoms with Gasteiger partial charge in [0.1, 0.15) is 12.3 Å². The van der Waals surface area contributed by atoms with E-state index in [0.717, 1.165) is 4.31 Å². The summed E-state index contributed by atoms with van der Waals surface area (Å²) in [7, 11) is -2.49. The minimum absolute atomic E-state index is 0.0707. The van der Waals surface area contributed by atoms with Crippen LogP contribution < -0.4 is 14.4 Å². The van der Waals surface area contributed by atoms with E-state index in [9.17, 15) is 13.2 Å². The Hall–Kier alpha value is -3.03. The van der Waals surface area contributed by atoms with Gasteiger partial charge in [-0.15, -0.1) is 0 Å². The van der Waals surface area contributed by atoms with E-state index in [-0.39, 0.29) is 4.90 Å². The maximum absolute atomic E-state index is 13.5. The minimum Gasteiger partial charge on any atom is -0.496 e. The Morgan fingerprint density at radius 1 is 1.03 bits per heavy atom. The number of carbonyl (C=O) groups excluding carboxylic acids is 1. The third-order valence-electron chi connectivity index (χ3n) is 4.83. The van der Waals surface area contributed by atoms with Crippen LogP contribution >= 0.6 is 11.6 Å². The van der Waals surface area contributed by atoms with Crippen LogP contribution in [-0.2, 0) is 14.8 Å². The highest BCUT2D eigenvalue weighted by Crippen LogP contribution is 2.28. The van der Waals surface area contributed by atoms with Crippen LogP contribution in [0.3, 0.4) is 0 Å². The number of sulfonamides is 1. The average Bonchev–Trinajstić information content (AvgIpc) is 2.75. The van der Waals surface area contributed by atoms with Gasteiger partial charge in [-0.25, -0.2) is 8.42 Å². The van der Waals surface area contributed by atoms with E-state index >= 15 is 0 Å². The standard InChI is InChI=1S/C23H23ClN2O4S/c1-16-14-19(12-13-22(16)30-3)31(28,29)26(18-8-5-4-6-9-18)15-23(27)25-21-11-7-10-20(24)17(21)2/h4-14H,15H2,1-3H3,(H,25,27). The number of hydrogen-bond acceptors (Lipinski definition) is 4. The van der Waals surface area contributed by atoms with Gasteiger partial charge in [0.15, 0.2) is 0 Å². The second-order valence-corrected chi connectivity index (χ2v) is 9.21. The van der Waals surface area contributed by atoms with Gasteiger partial charge >= 0.3 is 0 Å². The first-order valence-corrected chi connectivity index (χ1v) is 11.3. The van der Waals surface area contributed by atoms with Crippen LogP contribution in [0.2, 0.25) is 5.02 Å². The lowest BCUT2D eigenvalue weighted by Crippen LogP contribution is -2.38. The monoisotopic (exact) mass is 458 g/mol. The predicted octanol–water partition coefficient (Wildman–Crippen LogP) is 4.80. The largest absolute Gasteiger partial charge is 0.496 e. The molecule has 0 aliphatic rings. The topological polar surface area (TPSA) is 75.7 Å². The number of methoxy groups -OCH3 is 1. The number of aryl methyl sites for hydroxylation is 1. The highest BCUT2D eigenvalue weighted by atomic mass is 35.5. The van der Waals surface area contributed by atoms with Crippen molar-refractivity contribution < 1.29 is 17.9 Å². The fourth-order valence-electron chi connectivity index (χ4n) is 3.11. The van der Waals surface area contributed by atoms with Gasteiger partial charge in [-0.05, 0) is 67.4 Å². The summed E-state index contributed by atoms with van der Waals surface area (Å²) < 4.78 is 33.3. The van der Waals surface area contributed by atoms with Gasteiger partial charge in [0, 0.05) is 10.7 Å². The Kier molecular flexibility index (Phi) is 6.87. The molecule has 0 saturated heterocycles. The molecule has 0 saturated carbocycles. The van der Waals surface area contributed by atoms with Crippen molar-refractivity contribution in [2.45, 2.75) is 18.7 Å². The normalized spacial score (nSPS) is 11.1. The first kappa shape index (κ1) is 22.7. The predicted molar refractivity (Wildman–Crippen MR) is 124 cm³/mol. The summed E-state index contributed by atoms with van der Waals surface area (Å²) in [5.41, 5.74) is 2.30. The van der Waals surface area contributed by atoms with Gasteiger partial charge in [0.2, 0.25) is 5.91 Å². The second-order valence-electron chi connectivity index (χ2n) is 6.94. The summed E-state index contributed by atoms with van der Waals surface area (Å²) in [4.78, 5) is 12.9. The number of ether oxygens (including phenoxy) is 1. The highest BCUT2D eigenvalue weighted by molar-refractivity contribution is 7.92. The van der Waals surface area contributed by atoms with Gasteiger partial charge in [0.05, 0.1) is 17.7 Å². The lowest BCUT2D eigenvalue weighted by molar-refractivity contribution is -0.114. The Labute approximate surface area is 187 Å². The third-order valence-corrected chi connectivity index (χ3v) is 7.01. The minimum atomic E-state index is -4.02. The van der Waals surface area contributed by atoms with E-state index in [4.69, 9.17) is 16.3 Å². The van der Waals surface area contributed by atoms with Crippen molar-refractivity contribution in [1.29, 1.82) is 0 Å². The molecule has 0 unspecified atom stereocenters. The molecule has 162 valence electrons. The number of carbonyl (C=O) groups is 1. The van der Waals surface area contributed by atoms with Crippen LogP contribution in [-0.4, -0.2) is 28.0 Å². The van der Waals surface area contributed by atoms with E-state index in [1.165, 1.54) is 19.2 Å². The highest BCUT2D eigenvalue weighted by Gasteiger charge is 2.28. The SMILES string of the molecule is COc1ccc(S(=O)(=O)N(CC(=O)Nc2cccc(Cl)c2C)c2ccccc2)cc1C. The fourth-order valence-corrected chi connectivity index (χ4v) is 4.79. The molecule has 31 heavy (non-hydrogen) atoms. The van der Waals surface area contributed by atoms with E-state index in [1.54, 1.807) is 68.4 Å². The van der Waals surface area contributed by atoms with Crippen molar-refractivity contribution in [3.63, 3.8) is 0 Å². The van der Waals surface area contributed by atoms with Crippen LogP contribution in [0.25, 0.3) is 0 Å². The number of nitrogens with zero attached hydrogens (tertiary/aromatic N) is 1. The molecule has 0 heterocycles. The zero-order valence-corrected chi connectivity index (χ0v) is 19.0. The molecule has 0 atom stereocenters. The first-order chi connectivity index (χ1) is 14.7. The van der Waals surface area contributed by atoms with Crippen molar-refractivity contribution in [2.75, 3.05) is 23.3 Å². The van der Waals surface area contributed by atoms with Gasteiger partial charge < -0.3 is 10.1 Å². The Bertz CT molecular complexity index is 1200. The smallest absolute Gasteiger partial charge is 0.264 e. The maximum Gasteiger partial charge on any atom is 0.264 e. The molecule has 0 aromatic heterocycles. The Morgan fingerprint density at radius 2 is 1.74 bits per heavy atom. The van der Waals surface area contributed by atoms with Crippen molar-refractivity contribution in [1.82, 2.24) is 0 Å². The summed E-state index contributed by atoms with van der Waals surface area (Å²) >= 11 is 6.12. The molecule has 3 aromatic rings. The molecule has 8 heteroatoms. The number of para-hydroxylation sites is 1. The average molecular weight is 459 g/mol. The zero-order chi connectivity index (χ0) is 22.6. The summed E-state index contributed by atoms with van der Waals surface area (Å²) in [6.45, 7) is 3.15. The molecule has 3 rings (SSSR count). The van der Waals surface area contributed by atoms with E-state index < -0.39 is 22.5 Å². The number of benzene rings is 3. The van der Waals surface area contributed by atoms with Crippen LogP contribution in [0.5, 0.6) is 5.75 Å². The Morgan fingerprint density at radius 3 is 2.39 bits per heavy atom. The number of hydrogen-bond donors (Lipinski definition) is 1. The number of halogens is 1. The molecule has 1 amide bonds. The van der Waals surface area contributed by atoms with Crippen molar-refractivity contribution in [2.24, 2.45) is 0 Å². The van der Waals surface area contributed by atoms with Crippen LogP contribution in [0, 0.1) is 13.8 Å². The molecule has 0 radical (unpaired) electrons. The summed E-state index contributed by atoms with van der Waals surface area (Å²) in [6.07, 6.45) is 0. The fraction of sp³-hybridized carbons (Fsp3) is 0.174. The summed E-state index contributed by atoms with van der Waals surface area (Å²) in [6, 6.07) is 18.3. The van der Waals surface area contributed by atoms with Crippen LogP contribution in [0.4, 0.5) is 11.4 Å². The van der Waals surface area contributed by atoms with E-state index in [0.29, 0.717) is 33.3 Å². The van der Waals surface area contributed by atoms with Gasteiger partial charge in [-0.3, -0.25) is 9.10 Å². The van der Waals surface area contributed by atoms with Crippen molar-refractivity contribution in [3.05, 3.63) is 82.9 Å². The van der Waals surface area contributed by atoms with Crippen LogP contribution in [0.15, 0.2) is 71.6 Å². The molecular weight excluding hydrogens is 436 g/mol. The van der Waals surface area contributed by atoms with E-state index in [2.05, 4.69) is 5.32 Å². The first-order valence-electron chi connectivity index (χ1n) is 9.51. The molecular formula is C23H23ClN2O4S. The van der Waals surface area contributed by atoms with E-state index in [1.807, 2.05) is 0 Å². The van der Waals surface area contributed by atoms with Gasteiger partial charge in [0.25, 0.3) is 10.0 Å². The van der Waals surface area contributed by atoms with Crippen molar-refractivity contribution in [3.8, 4) is 5.75 Å². The molecule has 0 aliphatic carbocycles. The Balaban J connectivity index is 1.96. The third kappa shape index (κ3) is 5.00. The molecule has 0 spiro atoms. The number of rotatable bonds is 7. The van der Waals surface area contributed by atoms with Crippen LogP contribution in [0.1, 0.15) is 11.1 Å². The summed E-state index contributed by atoms with van der Waals surface area (Å²) in [5, 5.41) is 3.27. The molecule has 0 fully saturated rings. The van der Waals surface area contributed by atoms with Gasteiger partial charge in [-0.2, -0.15) is 0 Å². The van der Waals surface area contributed by atoms with Crippen molar-refractivity contribution >= 4 is 38.9 Å². The molecule has 0 bridgehead atoms. The molecule has 0 aliphatic heterocycles. The molecule has 1 N–H and O–H groups in total. The molecule has 6 nitrogen and oxygen atoms in total. The zero-order valence-electron chi connectivity index (χ0n) is 17.4. The number of anilines is 2. The quantitative estimate of drug-likeness (QED) is 0.551. The molecule has 3 aromatic carbocycles. The summed E-state index contributed by atoms with van der Waals surface area (Å²) in [5.74, 6) is 0.0995. The van der Waals surface area contributed by atoms with Gasteiger partial charge in [-0.1, -0.05) is 35.9 Å².